The van der Waals surface area contributed by atoms with Crippen molar-refractivity contribution in [3.63, 3.8) is 0 Å². The molecule has 2 rings (SSSR count). The van der Waals surface area contributed by atoms with E-state index in [9.17, 15) is 14.4 Å². The van der Waals surface area contributed by atoms with E-state index in [2.05, 4.69) is 10.6 Å². The van der Waals surface area contributed by atoms with Crippen molar-refractivity contribution in [1.82, 2.24) is 5.32 Å². The highest BCUT2D eigenvalue weighted by molar-refractivity contribution is 6.11. The average Bonchev–Trinajstić information content (AvgIpc) is 2.51. The Morgan fingerprint density at radius 3 is 2.35 bits per heavy atom. The van der Waals surface area contributed by atoms with Crippen LogP contribution in [0.15, 0.2) is 24.3 Å². The topological polar surface area (TPSA) is 84.5 Å². The molecule has 6 heteroatoms. The number of carbonyl (C=O) groups excluding carboxylic acids is 3. The number of anilines is 1. The summed E-state index contributed by atoms with van der Waals surface area (Å²) in [5, 5.41) is 5.47. The summed E-state index contributed by atoms with van der Waals surface area (Å²) in [6.07, 6.45) is 0. The summed E-state index contributed by atoms with van der Waals surface area (Å²) < 4.78 is 5.30. The Labute approximate surface area is 135 Å². The SMILES string of the molecule is CC(C)(C)NC(=O)C(C)(C)C1C(=O)Nc2ccccc2OC1=O. The number of amides is 2. The highest BCUT2D eigenvalue weighted by Crippen LogP contribution is 2.35. The van der Waals surface area contributed by atoms with Gasteiger partial charge >= 0.3 is 5.97 Å². The number of para-hydroxylation sites is 2. The maximum absolute atomic E-state index is 12.6. The number of hydrogen-bond acceptors (Lipinski definition) is 4. The van der Waals surface area contributed by atoms with Crippen molar-refractivity contribution in [2.45, 2.75) is 40.2 Å². The Morgan fingerprint density at radius 1 is 1.13 bits per heavy atom. The number of hydrogen-bond donors (Lipinski definition) is 2. The first-order chi connectivity index (χ1) is 10.5. The first kappa shape index (κ1) is 17.0. The lowest BCUT2D eigenvalue weighted by Crippen LogP contribution is -2.54. The van der Waals surface area contributed by atoms with Gasteiger partial charge in [0.15, 0.2) is 5.75 Å². The van der Waals surface area contributed by atoms with E-state index < -0.39 is 28.7 Å². The van der Waals surface area contributed by atoms with Gasteiger partial charge in [-0.1, -0.05) is 12.1 Å². The summed E-state index contributed by atoms with van der Waals surface area (Å²) in [5.74, 6) is -2.62. The fraction of sp³-hybridized carbons (Fsp3) is 0.471. The second-order valence-corrected chi connectivity index (χ2v) is 7.27. The molecule has 0 aliphatic carbocycles. The van der Waals surface area contributed by atoms with Crippen LogP contribution < -0.4 is 15.4 Å². The maximum Gasteiger partial charge on any atom is 0.325 e. The Balaban J connectivity index is 2.34. The second-order valence-electron chi connectivity index (χ2n) is 7.27. The minimum Gasteiger partial charge on any atom is -0.424 e. The molecule has 0 fully saturated rings. The van der Waals surface area contributed by atoms with Crippen LogP contribution in [0.25, 0.3) is 0 Å². The summed E-state index contributed by atoms with van der Waals surface area (Å²) in [5.41, 5.74) is -1.31. The molecule has 1 aliphatic heterocycles. The van der Waals surface area contributed by atoms with Gasteiger partial charge in [0.05, 0.1) is 11.1 Å². The molecule has 2 N–H and O–H groups in total. The molecule has 1 unspecified atom stereocenters. The zero-order valence-electron chi connectivity index (χ0n) is 14.0. The van der Waals surface area contributed by atoms with Gasteiger partial charge in [-0.25, -0.2) is 0 Å². The van der Waals surface area contributed by atoms with Crippen molar-refractivity contribution in [3.8, 4) is 5.75 Å². The van der Waals surface area contributed by atoms with Crippen molar-refractivity contribution < 1.29 is 19.1 Å². The van der Waals surface area contributed by atoms with Crippen LogP contribution in [0.4, 0.5) is 5.69 Å². The van der Waals surface area contributed by atoms with Gasteiger partial charge in [-0.3, -0.25) is 14.4 Å². The Bertz CT molecular complexity index is 622. The molecule has 0 aromatic heterocycles. The zero-order chi connectivity index (χ0) is 17.4. The van der Waals surface area contributed by atoms with Crippen molar-refractivity contribution in [2.24, 2.45) is 11.3 Å². The van der Waals surface area contributed by atoms with E-state index in [4.69, 9.17) is 4.74 Å². The highest BCUT2D eigenvalue weighted by atomic mass is 16.5. The molecule has 0 spiro atoms. The van der Waals surface area contributed by atoms with Gasteiger partial charge in [0.25, 0.3) is 0 Å². The Morgan fingerprint density at radius 2 is 1.74 bits per heavy atom. The van der Waals surface area contributed by atoms with Crippen LogP contribution >= 0.6 is 0 Å². The van der Waals surface area contributed by atoms with Gasteiger partial charge < -0.3 is 15.4 Å². The molecule has 1 aromatic carbocycles. The summed E-state index contributed by atoms with van der Waals surface area (Å²) in [4.78, 5) is 37.5. The molecule has 23 heavy (non-hydrogen) atoms. The number of nitrogens with one attached hydrogen (secondary N) is 2. The van der Waals surface area contributed by atoms with E-state index >= 15 is 0 Å². The fourth-order valence-corrected chi connectivity index (χ4v) is 2.39. The lowest BCUT2D eigenvalue weighted by molar-refractivity contribution is -0.153. The quantitative estimate of drug-likeness (QED) is 0.497. The Hall–Kier alpha value is -2.37. The predicted octanol–water partition coefficient (Wildman–Crippen LogP) is 2.10. The van der Waals surface area contributed by atoms with Crippen molar-refractivity contribution in [3.05, 3.63) is 24.3 Å². The van der Waals surface area contributed by atoms with Crippen LogP contribution in [-0.4, -0.2) is 23.3 Å². The third-order valence-electron chi connectivity index (χ3n) is 3.65. The largest absolute Gasteiger partial charge is 0.424 e. The van der Waals surface area contributed by atoms with E-state index in [0.29, 0.717) is 5.69 Å². The molecule has 124 valence electrons. The molecule has 0 radical (unpaired) electrons. The molecule has 1 aliphatic rings. The van der Waals surface area contributed by atoms with Gasteiger partial charge in [0.1, 0.15) is 5.92 Å². The van der Waals surface area contributed by atoms with Crippen molar-refractivity contribution in [1.29, 1.82) is 0 Å². The molecule has 0 saturated carbocycles. The summed E-state index contributed by atoms with van der Waals surface area (Å²) in [7, 11) is 0. The van der Waals surface area contributed by atoms with E-state index in [1.165, 1.54) is 0 Å². The molecule has 2 amide bonds. The van der Waals surface area contributed by atoms with E-state index in [-0.39, 0.29) is 11.7 Å². The molecule has 1 atom stereocenters. The molecular weight excluding hydrogens is 296 g/mol. The number of benzene rings is 1. The third-order valence-corrected chi connectivity index (χ3v) is 3.65. The highest BCUT2D eigenvalue weighted by Gasteiger charge is 2.49. The molecule has 1 heterocycles. The van der Waals surface area contributed by atoms with Crippen molar-refractivity contribution in [2.75, 3.05) is 5.32 Å². The van der Waals surface area contributed by atoms with E-state index in [1.807, 2.05) is 20.8 Å². The lowest BCUT2D eigenvalue weighted by atomic mass is 9.76. The maximum atomic E-state index is 12.6. The van der Waals surface area contributed by atoms with Gasteiger partial charge in [0, 0.05) is 5.54 Å². The minimum atomic E-state index is -1.25. The number of carbonyl (C=O) groups is 3. The van der Waals surface area contributed by atoms with E-state index in [1.54, 1.807) is 38.1 Å². The van der Waals surface area contributed by atoms with E-state index in [0.717, 1.165) is 0 Å². The normalized spacial score (nSPS) is 18.4. The molecule has 0 saturated heterocycles. The minimum absolute atomic E-state index is 0.278. The molecule has 1 aromatic rings. The van der Waals surface area contributed by atoms with Crippen LogP contribution in [-0.2, 0) is 14.4 Å². The zero-order valence-corrected chi connectivity index (χ0v) is 14.0. The summed E-state index contributed by atoms with van der Waals surface area (Å²) in [6, 6.07) is 6.67. The van der Waals surface area contributed by atoms with Crippen LogP contribution in [0.3, 0.4) is 0 Å². The number of fused-ring (bicyclic) bond motifs is 1. The lowest BCUT2D eigenvalue weighted by Gasteiger charge is -2.32. The number of esters is 1. The fourth-order valence-electron chi connectivity index (χ4n) is 2.39. The monoisotopic (exact) mass is 318 g/mol. The first-order valence-corrected chi connectivity index (χ1v) is 7.46. The van der Waals surface area contributed by atoms with Gasteiger partial charge in [-0.2, -0.15) is 0 Å². The number of rotatable bonds is 2. The Kier molecular flexibility index (Phi) is 4.20. The summed E-state index contributed by atoms with van der Waals surface area (Å²) in [6.45, 7) is 8.64. The standard InChI is InChI=1S/C17H22N2O4/c1-16(2,3)19-15(22)17(4,5)12-13(20)18-10-8-6-7-9-11(10)23-14(12)21/h6-9,12H,1-5H3,(H,18,20)(H,19,22). The summed E-state index contributed by atoms with van der Waals surface area (Å²) >= 11 is 0. The van der Waals surface area contributed by atoms with Crippen molar-refractivity contribution >= 4 is 23.5 Å². The van der Waals surface area contributed by atoms with Gasteiger partial charge in [0.2, 0.25) is 11.8 Å². The smallest absolute Gasteiger partial charge is 0.325 e. The van der Waals surface area contributed by atoms with Gasteiger partial charge in [-0.05, 0) is 46.8 Å². The van der Waals surface area contributed by atoms with Crippen LogP contribution in [0.2, 0.25) is 0 Å². The predicted molar refractivity (Wildman–Crippen MR) is 85.9 cm³/mol. The molecular formula is C17H22N2O4. The molecule has 0 bridgehead atoms. The van der Waals surface area contributed by atoms with Crippen LogP contribution in [0.5, 0.6) is 5.75 Å². The van der Waals surface area contributed by atoms with Crippen LogP contribution in [0.1, 0.15) is 34.6 Å². The third kappa shape index (κ3) is 3.52. The van der Waals surface area contributed by atoms with Crippen LogP contribution in [0, 0.1) is 11.3 Å². The number of ether oxygens (including phenoxy) is 1. The van der Waals surface area contributed by atoms with Gasteiger partial charge in [-0.15, -0.1) is 0 Å². The second kappa shape index (κ2) is 5.68. The average molecular weight is 318 g/mol. The molecule has 6 nitrogen and oxygen atoms in total. The first-order valence-electron chi connectivity index (χ1n) is 7.46.